The second-order valence-electron chi connectivity index (χ2n) is 11.4. The lowest BCUT2D eigenvalue weighted by Crippen LogP contribution is -2.68. The maximum absolute atomic E-state index is 10.9. The van der Waals surface area contributed by atoms with Gasteiger partial charge in [0.1, 0.15) is 79.4 Å². The topological polar surface area (TPSA) is 321 Å². The first-order valence-corrected chi connectivity index (χ1v) is 14.1. The van der Waals surface area contributed by atoms with Gasteiger partial charge in [0.05, 0.1) is 38.0 Å². The third-order valence-corrected chi connectivity index (χ3v) is 8.48. The van der Waals surface area contributed by atoms with Crippen LogP contribution in [0.3, 0.4) is 0 Å². The Bertz CT molecular complexity index is 958. The van der Waals surface area contributed by atoms with Gasteiger partial charge in [0, 0.05) is 0 Å². The number of ether oxygens (including phenoxy) is 5. The second-order valence-corrected chi connectivity index (χ2v) is 11.4. The summed E-state index contributed by atoms with van der Waals surface area (Å²) >= 11 is 0. The van der Waals surface area contributed by atoms with Crippen molar-refractivity contribution in [3.05, 3.63) is 11.6 Å². The van der Waals surface area contributed by atoms with Crippen LogP contribution in [0.1, 0.15) is 6.92 Å². The normalized spacial score (nSPS) is 52.0. The van der Waals surface area contributed by atoms with E-state index in [4.69, 9.17) is 23.7 Å². The summed E-state index contributed by atoms with van der Waals surface area (Å²) in [6.07, 6.45) is -26.6. The van der Waals surface area contributed by atoms with Gasteiger partial charge in [-0.2, -0.15) is 0 Å². The van der Waals surface area contributed by atoms with E-state index in [0.29, 0.717) is 0 Å². The van der Waals surface area contributed by atoms with Crippen LogP contribution < -0.4 is 5.32 Å². The molecule has 3 heterocycles. The molecule has 0 aromatic heterocycles. The fourth-order valence-corrected chi connectivity index (χ4v) is 5.81. The first-order chi connectivity index (χ1) is 20.7. The summed E-state index contributed by atoms with van der Waals surface area (Å²) in [4.78, 5) is 0. The van der Waals surface area contributed by atoms with Gasteiger partial charge in [0.15, 0.2) is 18.9 Å². The van der Waals surface area contributed by atoms with Crippen LogP contribution in [0, 0.1) is 0 Å². The summed E-state index contributed by atoms with van der Waals surface area (Å²) in [6, 6.07) is -2.17. The van der Waals surface area contributed by atoms with E-state index in [1.165, 1.54) is 13.0 Å². The Kier molecular flexibility index (Phi) is 12.1. The number of aliphatic hydroxyl groups is 13. The van der Waals surface area contributed by atoms with Gasteiger partial charge in [-0.3, -0.25) is 0 Å². The Morgan fingerprint density at radius 3 is 1.73 bits per heavy atom. The molecular formula is C25H43NO18. The molecule has 3 aliphatic heterocycles. The molecule has 14 N–H and O–H groups in total. The predicted octanol–water partition coefficient (Wildman–Crippen LogP) is -8.56. The highest BCUT2D eigenvalue weighted by Crippen LogP contribution is 2.32. The highest BCUT2D eigenvalue weighted by atomic mass is 16.7. The molecule has 0 aromatic rings. The molecule has 0 aromatic carbocycles. The van der Waals surface area contributed by atoms with Gasteiger partial charge in [-0.15, -0.1) is 0 Å². The minimum Gasteiger partial charge on any atom is -0.394 e. The molecule has 1 aliphatic carbocycles. The van der Waals surface area contributed by atoms with Gasteiger partial charge < -0.3 is 95.4 Å². The van der Waals surface area contributed by atoms with Gasteiger partial charge >= 0.3 is 0 Å². The number of nitrogens with one attached hydrogen (secondary N) is 1. The van der Waals surface area contributed by atoms with E-state index < -0.39 is 136 Å². The van der Waals surface area contributed by atoms with Crippen molar-refractivity contribution in [2.24, 2.45) is 0 Å². The van der Waals surface area contributed by atoms with Crippen molar-refractivity contribution in [3.63, 3.8) is 0 Å². The van der Waals surface area contributed by atoms with Crippen molar-refractivity contribution >= 4 is 0 Å². The Morgan fingerprint density at radius 1 is 0.636 bits per heavy atom. The number of hydrogen-bond acceptors (Lipinski definition) is 19. The molecule has 0 amide bonds. The molecular weight excluding hydrogens is 602 g/mol. The molecule has 44 heavy (non-hydrogen) atoms. The summed E-state index contributed by atoms with van der Waals surface area (Å²) < 4.78 is 27.4. The van der Waals surface area contributed by atoms with E-state index in [0.717, 1.165) is 0 Å². The first kappa shape index (κ1) is 35.8. The van der Waals surface area contributed by atoms with E-state index in [-0.39, 0.29) is 5.57 Å². The molecule has 3 fully saturated rings. The lowest BCUT2D eigenvalue weighted by Gasteiger charge is -2.48. The summed E-state index contributed by atoms with van der Waals surface area (Å²) in [5.74, 6) is 0. The quantitative estimate of drug-likeness (QED) is 0.103. The zero-order chi connectivity index (χ0) is 32.6. The molecule has 0 bridgehead atoms. The average Bonchev–Trinajstić information content (AvgIpc) is 3.00. The van der Waals surface area contributed by atoms with Gasteiger partial charge in [0.25, 0.3) is 0 Å². The molecule has 256 valence electrons. The van der Waals surface area contributed by atoms with E-state index in [1.54, 1.807) is 0 Å². The van der Waals surface area contributed by atoms with Crippen LogP contribution in [0.15, 0.2) is 11.6 Å². The Labute approximate surface area is 250 Å². The minimum atomic E-state index is -1.93. The first-order valence-electron chi connectivity index (χ1n) is 14.1. The molecule has 0 unspecified atom stereocenters. The Hall–Kier alpha value is -1.02. The lowest BCUT2D eigenvalue weighted by molar-refractivity contribution is -0.373. The van der Waals surface area contributed by atoms with Crippen LogP contribution in [0.4, 0.5) is 0 Å². The highest BCUT2D eigenvalue weighted by molar-refractivity contribution is 5.22. The summed E-state index contributed by atoms with van der Waals surface area (Å²) in [5, 5.41) is 136. The number of rotatable bonds is 9. The van der Waals surface area contributed by atoms with Crippen LogP contribution in [0.5, 0.6) is 0 Å². The monoisotopic (exact) mass is 645 g/mol. The van der Waals surface area contributed by atoms with Crippen LogP contribution >= 0.6 is 0 Å². The summed E-state index contributed by atoms with van der Waals surface area (Å²) in [7, 11) is 0. The Balaban J connectivity index is 1.42. The maximum Gasteiger partial charge on any atom is 0.187 e. The smallest absolute Gasteiger partial charge is 0.187 e. The van der Waals surface area contributed by atoms with Gasteiger partial charge in [-0.1, -0.05) is 6.08 Å². The maximum atomic E-state index is 10.9. The summed E-state index contributed by atoms with van der Waals surface area (Å²) in [6.45, 7) is -0.753. The molecule has 19 heteroatoms. The highest BCUT2D eigenvalue weighted by Gasteiger charge is 2.53. The standard InChI is InChI=1S/C25H43NO18/c1-6-11(26-8-2-7(3-27)12(30)15(33)13(8)31)14(32)19(37)24(40-6)43-22-10(5-29)42-25(20(38)17(22)35)44-21-9(4-28)41-23(39)18(36)16(21)34/h2,6,8-39H,3-5H2,1H3/t6-,8+,9+,10+,11-,12+,13-,14+,15+,16+,17+,18-,19-,20+,21+,22-,23+,24+,25+/m1/s1. The van der Waals surface area contributed by atoms with Gasteiger partial charge in [-0.05, 0) is 12.5 Å². The molecule has 4 aliphatic rings. The molecule has 0 spiro atoms. The van der Waals surface area contributed by atoms with Gasteiger partial charge in [0.2, 0.25) is 0 Å². The minimum absolute atomic E-state index is 0.0225. The van der Waals surface area contributed by atoms with E-state index in [9.17, 15) is 66.4 Å². The predicted molar refractivity (Wildman–Crippen MR) is 138 cm³/mol. The van der Waals surface area contributed by atoms with Crippen molar-refractivity contribution in [3.8, 4) is 0 Å². The second kappa shape index (κ2) is 14.8. The van der Waals surface area contributed by atoms with Crippen molar-refractivity contribution in [2.75, 3.05) is 19.8 Å². The number of hydrogen-bond donors (Lipinski definition) is 14. The van der Waals surface area contributed by atoms with E-state index in [2.05, 4.69) is 5.32 Å². The largest absolute Gasteiger partial charge is 0.394 e. The van der Waals surface area contributed by atoms with Crippen molar-refractivity contribution < 1.29 is 90.1 Å². The summed E-state index contributed by atoms with van der Waals surface area (Å²) in [5.41, 5.74) is 0.0225. The SMILES string of the molecule is C[C@H]1O[C@@H](O[C@H]2[C@@H](O)[C@H](O)[C@H](O[C@@H]3[C@@H](O)[C@@H](O)[C@@H](O)O[C@H]3CO)O[C@H]2CO)[C@H](O)[C@@H](O)[C@@H]1N[C@H]1C=C(CO)[C@H](O)[C@H](O)[C@@H]1O. The molecule has 19 nitrogen and oxygen atoms in total. The zero-order valence-electron chi connectivity index (χ0n) is 23.5. The average molecular weight is 646 g/mol. The fraction of sp³-hybridized carbons (Fsp3) is 0.920. The van der Waals surface area contributed by atoms with Crippen molar-refractivity contribution in [1.82, 2.24) is 5.32 Å². The Morgan fingerprint density at radius 2 is 1.16 bits per heavy atom. The van der Waals surface area contributed by atoms with E-state index in [1.807, 2.05) is 0 Å². The third-order valence-electron chi connectivity index (χ3n) is 8.48. The number of aliphatic hydroxyl groups excluding tert-OH is 13. The van der Waals surface area contributed by atoms with Crippen LogP contribution in [-0.2, 0) is 23.7 Å². The van der Waals surface area contributed by atoms with Crippen molar-refractivity contribution in [1.29, 1.82) is 0 Å². The van der Waals surface area contributed by atoms with Crippen LogP contribution in [0.25, 0.3) is 0 Å². The van der Waals surface area contributed by atoms with E-state index >= 15 is 0 Å². The fourth-order valence-electron chi connectivity index (χ4n) is 5.81. The zero-order valence-corrected chi connectivity index (χ0v) is 23.5. The van der Waals surface area contributed by atoms with Crippen LogP contribution in [-0.4, -0.2) is 203 Å². The molecule has 0 radical (unpaired) electrons. The van der Waals surface area contributed by atoms with Crippen LogP contribution in [0.2, 0.25) is 0 Å². The molecule has 3 saturated heterocycles. The third kappa shape index (κ3) is 6.96. The van der Waals surface area contributed by atoms with Gasteiger partial charge in [-0.25, -0.2) is 0 Å². The molecule has 4 rings (SSSR count). The molecule has 0 saturated carbocycles. The molecule has 19 atom stereocenters. The van der Waals surface area contributed by atoms with Crippen molar-refractivity contribution in [2.45, 2.75) is 123 Å². The lowest BCUT2D eigenvalue weighted by atomic mass is 9.86.